The lowest BCUT2D eigenvalue weighted by Gasteiger charge is -2.40. The molecule has 30 heavy (non-hydrogen) atoms. The number of carbonyl (C=O) groups excluding carboxylic acids is 1. The van der Waals surface area contributed by atoms with E-state index in [1.807, 2.05) is 0 Å². The Labute approximate surface area is 184 Å². The second-order valence-electron chi connectivity index (χ2n) is 8.97. The first-order valence-corrected chi connectivity index (χ1v) is 11.6. The van der Waals surface area contributed by atoms with Crippen LogP contribution in [0.15, 0.2) is 49.6 Å². The molecule has 1 aromatic carbocycles. The third-order valence-corrected chi connectivity index (χ3v) is 7.06. The van der Waals surface area contributed by atoms with Crippen LogP contribution in [0.3, 0.4) is 0 Å². The van der Waals surface area contributed by atoms with E-state index in [2.05, 4.69) is 74.4 Å². The van der Waals surface area contributed by atoms with Crippen molar-refractivity contribution in [1.82, 2.24) is 4.90 Å². The number of hydrogen-bond acceptors (Lipinski definition) is 3. The summed E-state index contributed by atoms with van der Waals surface area (Å²) in [4.78, 5) is 15.2. The predicted octanol–water partition coefficient (Wildman–Crippen LogP) is 6.36. The number of piperidine rings is 1. The molecule has 0 N–H and O–H groups in total. The highest BCUT2D eigenvalue weighted by atomic mass is 16.5. The van der Waals surface area contributed by atoms with E-state index in [-0.39, 0.29) is 11.4 Å². The molecule has 0 radical (unpaired) electrons. The Morgan fingerprint density at radius 1 is 1.27 bits per heavy atom. The molecule has 0 bridgehead atoms. The number of methoxy groups -OCH3 is 1. The lowest BCUT2D eigenvalue weighted by Crippen LogP contribution is -2.44. The van der Waals surface area contributed by atoms with Gasteiger partial charge in [-0.25, -0.2) is 0 Å². The van der Waals surface area contributed by atoms with Crippen molar-refractivity contribution in [2.24, 2.45) is 17.3 Å². The normalized spacial score (nSPS) is 29.4. The number of unbranched alkanes of at least 4 members (excludes halogenated alkanes) is 1. The first kappa shape index (κ1) is 24.4. The minimum atomic E-state index is -0.233. The maximum absolute atomic E-state index is 12.6. The molecule has 0 aromatic heterocycles. The van der Waals surface area contributed by atoms with E-state index in [1.54, 1.807) is 7.11 Å². The Morgan fingerprint density at radius 2 is 2.00 bits per heavy atom. The van der Waals surface area contributed by atoms with Crippen LogP contribution in [0.25, 0.3) is 6.08 Å². The Bertz CT molecular complexity index is 671. The van der Waals surface area contributed by atoms with Crippen molar-refractivity contribution in [1.29, 1.82) is 0 Å². The van der Waals surface area contributed by atoms with Gasteiger partial charge >= 0.3 is 5.97 Å². The van der Waals surface area contributed by atoms with Gasteiger partial charge in [0.05, 0.1) is 12.5 Å². The maximum Gasteiger partial charge on any atom is 0.311 e. The lowest BCUT2D eigenvalue weighted by molar-refractivity contribution is -0.153. The van der Waals surface area contributed by atoms with Gasteiger partial charge in [-0.1, -0.05) is 69.2 Å². The van der Waals surface area contributed by atoms with Crippen molar-refractivity contribution >= 4 is 12.0 Å². The molecule has 1 saturated heterocycles. The fraction of sp³-hybridized carbons (Fsp3) is 0.593. The largest absolute Gasteiger partial charge is 0.469 e. The molecule has 1 aromatic rings. The number of esters is 1. The number of allylic oxidation sites excluding steroid dienone is 1. The smallest absolute Gasteiger partial charge is 0.311 e. The van der Waals surface area contributed by atoms with E-state index in [9.17, 15) is 4.79 Å². The molecule has 1 saturated carbocycles. The summed E-state index contributed by atoms with van der Waals surface area (Å²) < 4.78 is 5.22. The average Bonchev–Trinajstić information content (AvgIpc) is 3.24. The van der Waals surface area contributed by atoms with Crippen LogP contribution in [0.4, 0.5) is 0 Å². The van der Waals surface area contributed by atoms with Gasteiger partial charge in [-0.15, -0.1) is 13.2 Å². The fourth-order valence-corrected chi connectivity index (χ4v) is 5.27. The van der Waals surface area contributed by atoms with Crippen molar-refractivity contribution in [3.63, 3.8) is 0 Å². The van der Waals surface area contributed by atoms with Gasteiger partial charge < -0.3 is 9.64 Å². The molecule has 166 valence electrons. The molecular formula is C27H41NO2. The molecule has 3 nitrogen and oxygen atoms in total. The van der Waals surface area contributed by atoms with Crippen molar-refractivity contribution in [2.45, 2.75) is 64.8 Å². The van der Waals surface area contributed by atoms with Gasteiger partial charge in [-0.2, -0.15) is 0 Å². The molecule has 2 aliphatic rings. The Morgan fingerprint density at radius 3 is 2.63 bits per heavy atom. The van der Waals surface area contributed by atoms with Crippen LogP contribution in [0.5, 0.6) is 0 Å². The van der Waals surface area contributed by atoms with E-state index in [1.165, 1.54) is 12.0 Å². The predicted molar refractivity (Wildman–Crippen MR) is 127 cm³/mol. The van der Waals surface area contributed by atoms with Gasteiger partial charge in [-0.05, 0) is 56.0 Å². The summed E-state index contributed by atoms with van der Waals surface area (Å²) in [7, 11) is 1.55. The van der Waals surface area contributed by atoms with Crippen LogP contribution in [-0.4, -0.2) is 37.1 Å². The molecule has 1 aliphatic carbocycles. The molecule has 2 fully saturated rings. The van der Waals surface area contributed by atoms with Gasteiger partial charge in [0, 0.05) is 12.6 Å². The number of benzene rings is 1. The monoisotopic (exact) mass is 411 g/mol. The third kappa shape index (κ3) is 6.07. The zero-order chi connectivity index (χ0) is 22.0. The second kappa shape index (κ2) is 12.1. The summed E-state index contributed by atoms with van der Waals surface area (Å²) in [5.41, 5.74) is 1.05. The van der Waals surface area contributed by atoms with Crippen LogP contribution in [-0.2, 0) is 9.53 Å². The molecule has 1 aliphatic heterocycles. The minimum absolute atomic E-state index is 0.0252. The van der Waals surface area contributed by atoms with Crippen LogP contribution >= 0.6 is 0 Å². The van der Waals surface area contributed by atoms with Crippen LogP contribution < -0.4 is 0 Å². The zero-order valence-electron chi connectivity index (χ0n) is 19.3. The van der Waals surface area contributed by atoms with Gasteiger partial charge in [0.2, 0.25) is 0 Å². The number of nitrogens with zero attached hydrogens (tertiary/aromatic N) is 1. The van der Waals surface area contributed by atoms with Crippen LogP contribution in [0.1, 0.15) is 64.4 Å². The summed E-state index contributed by atoms with van der Waals surface area (Å²) >= 11 is 0. The van der Waals surface area contributed by atoms with Crippen LogP contribution in [0, 0.1) is 17.3 Å². The molecule has 1 heterocycles. The summed E-state index contributed by atoms with van der Waals surface area (Å²) in [6.07, 6.45) is 12.2. The average molecular weight is 412 g/mol. The lowest BCUT2D eigenvalue weighted by atomic mass is 9.80. The van der Waals surface area contributed by atoms with Crippen LogP contribution in [0.2, 0.25) is 0 Å². The Balaban J connectivity index is 0.00000155. The zero-order valence-corrected chi connectivity index (χ0v) is 19.3. The number of carbonyl (C=O) groups is 1. The Kier molecular flexibility index (Phi) is 9.84. The minimum Gasteiger partial charge on any atom is -0.469 e. The van der Waals surface area contributed by atoms with Crippen molar-refractivity contribution < 1.29 is 9.53 Å². The quantitative estimate of drug-likeness (QED) is 0.386. The molecule has 0 amide bonds. The summed E-state index contributed by atoms with van der Waals surface area (Å²) in [5.74, 6) is 1.32. The second-order valence-corrected chi connectivity index (χ2v) is 8.97. The first-order valence-electron chi connectivity index (χ1n) is 11.6. The molecule has 4 atom stereocenters. The molecular weight excluding hydrogens is 370 g/mol. The Hall–Kier alpha value is -1.87. The van der Waals surface area contributed by atoms with E-state index in [4.69, 9.17) is 4.74 Å². The molecule has 0 spiro atoms. The van der Waals surface area contributed by atoms with Gasteiger partial charge in [0.1, 0.15) is 0 Å². The van der Waals surface area contributed by atoms with Crippen molar-refractivity contribution in [3.8, 4) is 0 Å². The van der Waals surface area contributed by atoms with E-state index < -0.39 is 0 Å². The highest BCUT2D eigenvalue weighted by molar-refractivity contribution is 5.77. The first-order chi connectivity index (χ1) is 14.6. The van der Waals surface area contributed by atoms with E-state index in [0.717, 1.165) is 51.6 Å². The molecule has 3 heteroatoms. The third-order valence-electron chi connectivity index (χ3n) is 7.06. The highest BCUT2D eigenvalue weighted by Crippen LogP contribution is 2.46. The fourth-order valence-electron chi connectivity index (χ4n) is 5.27. The number of hydrogen-bond donors (Lipinski definition) is 0. The topological polar surface area (TPSA) is 29.5 Å². The SMILES string of the molecule is C=C.CCCCC1(C(=O)OC)CCC(N2CC[C@@H](/C=C\c3ccccc3)[C@@H](C)C2)C1. The number of rotatable bonds is 7. The number of likely N-dealkylation sites (tertiary alicyclic amines) is 1. The van der Waals surface area contributed by atoms with Crippen molar-refractivity contribution in [3.05, 3.63) is 55.1 Å². The van der Waals surface area contributed by atoms with E-state index >= 15 is 0 Å². The molecule has 3 rings (SSSR count). The summed E-state index contributed by atoms with van der Waals surface area (Å²) in [6, 6.07) is 11.1. The van der Waals surface area contributed by atoms with Gasteiger partial charge in [-0.3, -0.25) is 4.79 Å². The highest BCUT2D eigenvalue weighted by Gasteiger charge is 2.47. The standard InChI is InChI=1S/C25H37NO2.C2H4/c1-4-5-15-25(24(27)28-3)16-13-23(18-25)26-17-14-22(20(2)19-26)12-11-21-9-7-6-8-10-21;1-2/h6-12,20,22-23H,4-5,13-19H2,1-3H3;1-2H2/b12-11-;/t20-,22+,23?,25?;/m0./s1. The van der Waals surface area contributed by atoms with Gasteiger partial charge in [0.15, 0.2) is 0 Å². The van der Waals surface area contributed by atoms with Gasteiger partial charge in [0.25, 0.3) is 0 Å². The molecule has 2 unspecified atom stereocenters. The van der Waals surface area contributed by atoms with Crippen molar-refractivity contribution in [2.75, 3.05) is 20.2 Å². The summed E-state index contributed by atoms with van der Waals surface area (Å²) in [5, 5.41) is 0. The maximum atomic E-state index is 12.6. The summed E-state index contributed by atoms with van der Waals surface area (Å²) in [6.45, 7) is 12.9. The van der Waals surface area contributed by atoms with E-state index in [0.29, 0.717) is 17.9 Å². The number of ether oxygens (including phenoxy) is 1.